The van der Waals surface area contributed by atoms with Crippen molar-refractivity contribution in [2.45, 2.75) is 26.8 Å². The number of methoxy groups -OCH3 is 2. The zero-order chi connectivity index (χ0) is 22.1. The number of benzene rings is 1. The van der Waals surface area contributed by atoms with Gasteiger partial charge in [-0.25, -0.2) is 9.97 Å². The molecular formula is C23H24N4O3S. The van der Waals surface area contributed by atoms with E-state index in [0.29, 0.717) is 27.8 Å². The lowest BCUT2D eigenvalue weighted by Gasteiger charge is -2.11. The standard InChI is InChI=1S/C23H24N4O3S/c1-13(2)27-12-17(16-7-6-10-24-21(16)27)23-25-14(3)20(31-23)22(28)26-18-9-8-15(29-4)11-19(18)30-5/h6-13H,1-5H3,(H,26,28). The lowest BCUT2D eigenvalue weighted by atomic mass is 10.2. The van der Waals surface area contributed by atoms with E-state index in [0.717, 1.165) is 21.6 Å². The van der Waals surface area contributed by atoms with Gasteiger partial charge in [-0.1, -0.05) is 0 Å². The Hall–Kier alpha value is -3.39. The predicted octanol–water partition coefficient (Wildman–Crippen LogP) is 5.32. The van der Waals surface area contributed by atoms with Gasteiger partial charge in [0.1, 0.15) is 27.0 Å². The number of nitrogens with zero attached hydrogens (tertiary/aromatic N) is 3. The number of pyridine rings is 1. The van der Waals surface area contributed by atoms with Crippen molar-refractivity contribution in [3.63, 3.8) is 0 Å². The van der Waals surface area contributed by atoms with Crippen LogP contribution in [0.5, 0.6) is 11.5 Å². The van der Waals surface area contributed by atoms with Crippen LogP contribution in [0.3, 0.4) is 0 Å². The molecular weight excluding hydrogens is 412 g/mol. The molecule has 7 nitrogen and oxygen atoms in total. The quantitative estimate of drug-likeness (QED) is 0.443. The number of rotatable bonds is 6. The summed E-state index contributed by atoms with van der Waals surface area (Å²) in [7, 11) is 3.14. The van der Waals surface area contributed by atoms with Crippen molar-refractivity contribution in [2.24, 2.45) is 0 Å². The number of aryl methyl sites for hydroxylation is 1. The first-order valence-corrected chi connectivity index (χ1v) is 10.7. The summed E-state index contributed by atoms with van der Waals surface area (Å²) in [6, 6.07) is 9.48. The first-order chi connectivity index (χ1) is 14.9. The van der Waals surface area contributed by atoms with Gasteiger partial charge < -0.3 is 19.4 Å². The molecule has 4 rings (SSSR count). The Kier molecular flexibility index (Phi) is 5.65. The Morgan fingerprint density at radius 1 is 1.19 bits per heavy atom. The number of fused-ring (bicyclic) bond motifs is 1. The molecule has 0 bridgehead atoms. The fraction of sp³-hybridized carbons (Fsp3) is 0.261. The van der Waals surface area contributed by atoms with Crippen LogP contribution >= 0.6 is 11.3 Å². The van der Waals surface area contributed by atoms with Crippen LogP contribution in [-0.2, 0) is 0 Å². The smallest absolute Gasteiger partial charge is 0.267 e. The van der Waals surface area contributed by atoms with Crippen molar-refractivity contribution in [1.82, 2.24) is 14.5 Å². The molecule has 0 atom stereocenters. The zero-order valence-electron chi connectivity index (χ0n) is 18.1. The van der Waals surface area contributed by atoms with Crippen LogP contribution in [0, 0.1) is 6.92 Å². The number of carbonyl (C=O) groups excluding carboxylic acids is 1. The lowest BCUT2D eigenvalue weighted by molar-refractivity contribution is 0.102. The average Bonchev–Trinajstić information content (AvgIpc) is 3.34. The van der Waals surface area contributed by atoms with Crippen LogP contribution in [-0.4, -0.2) is 34.7 Å². The first kappa shape index (κ1) is 20.9. The van der Waals surface area contributed by atoms with Crippen molar-refractivity contribution in [2.75, 3.05) is 19.5 Å². The Bertz CT molecular complexity index is 1260. The monoisotopic (exact) mass is 436 g/mol. The zero-order valence-corrected chi connectivity index (χ0v) is 18.9. The van der Waals surface area contributed by atoms with E-state index in [2.05, 4.69) is 34.9 Å². The number of anilines is 1. The van der Waals surface area contributed by atoms with Crippen LogP contribution in [0.15, 0.2) is 42.7 Å². The minimum Gasteiger partial charge on any atom is -0.497 e. The predicted molar refractivity (Wildman–Crippen MR) is 123 cm³/mol. The summed E-state index contributed by atoms with van der Waals surface area (Å²) in [6.45, 7) is 6.08. The number of amides is 1. The summed E-state index contributed by atoms with van der Waals surface area (Å²) < 4.78 is 12.7. The second-order valence-electron chi connectivity index (χ2n) is 7.37. The van der Waals surface area contributed by atoms with Crippen molar-refractivity contribution < 1.29 is 14.3 Å². The summed E-state index contributed by atoms with van der Waals surface area (Å²) in [5, 5.41) is 4.74. The van der Waals surface area contributed by atoms with E-state index >= 15 is 0 Å². The topological polar surface area (TPSA) is 78.3 Å². The van der Waals surface area contributed by atoms with Gasteiger partial charge in [-0.3, -0.25) is 4.79 Å². The maximum absolute atomic E-state index is 13.0. The van der Waals surface area contributed by atoms with Gasteiger partial charge in [-0.05, 0) is 45.0 Å². The SMILES string of the molecule is COc1ccc(NC(=O)c2sc(-c3cn(C(C)C)c4ncccc34)nc2C)c(OC)c1. The average molecular weight is 437 g/mol. The van der Waals surface area contributed by atoms with Crippen molar-refractivity contribution in [3.05, 3.63) is 53.3 Å². The van der Waals surface area contributed by atoms with E-state index in [1.807, 2.05) is 19.1 Å². The molecule has 31 heavy (non-hydrogen) atoms. The number of thiazole rings is 1. The molecule has 1 amide bonds. The molecule has 0 spiro atoms. The molecule has 0 aliphatic carbocycles. The third kappa shape index (κ3) is 3.86. The molecule has 0 saturated carbocycles. The number of hydrogen-bond acceptors (Lipinski definition) is 6. The number of hydrogen-bond donors (Lipinski definition) is 1. The molecule has 4 aromatic rings. The summed E-state index contributed by atoms with van der Waals surface area (Å²) in [4.78, 5) is 22.8. The highest BCUT2D eigenvalue weighted by Gasteiger charge is 2.21. The number of aromatic nitrogens is 3. The molecule has 0 aliphatic rings. The van der Waals surface area contributed by atoms with Crippen LogP contribution in [0.4, 0.5) is 5.69 Å². The summed E-state index contributed by atoms with van der Waals surface area (Å²) >= 11 is 1.37. The van der Waals surface area contributed by atoms with Gasteiger partial charge in [-0.2, -0.15) is 0 Å². The van der Waals surface area contributed by atoms with E-state index in [1.54, 1.807) is 38.6 Å². The minimum absolute atomic E-state index is 0.226. The normalized spacial score (nSPS) is 11.2. The first-order valence-electron chi connectivity index (χ1n) is 9.89. The van der Waals surface area contributed by atoms with E-state index in [1.165, 1.54) is 11.3 Å². The van der Waals surface area contributed by atoms with E-state index in [4.69, 9.17) is 14.5 Å². The highest BCUT2D eigenvalue weighted by Crippen LogP contribution is 2.36. The molecule has 1 aromatic carbocycles. The second kappa shape index (κ2) is 8.39. The molecule has 1 N–H and O–H groups in total. The van der Waals surface area contributed by atoms with E-state index in [9.17, 15) is 4.79 Å². The van der Waals surface area contributed by atoms with Crippen LogP contribution < -0.4 is 14.8 Å². The van der Waals surface area contributed by atoms with E-state index < -0.39 is 0 Å². The van der Waals surface area contributed by atoms with Gasteiger partial charge in [0.2, 0.25) is 0 Å². The van der Waals surface area contributed by atoms with Crippen LogP contribution in [0.1, 0.15) is 35.3 Å². The van der Waals surface area contributed by atoms with Crippen LogP contribution in [0.2, 0.25) is 0 Å². The Labute approximate surface area is 184 Å². The number of nitrogens with one attached hydrogen (secondary N) is 1. The lowest BCUT2D eigenvalue weighted by Crippen LogP contribution is -2.12. The maximum Gasteiger partial charge on any atom is 0.267 e. The van der Waals surface area contributed by atoms with Crippen molar-refractivity contribution >= 4 is 34.0 Å². The third-order valence-corrected chi connectivity index (χ3v) is 6.23. The molecule has 0 aliphatic heterocycles. The van der Waals surface area contributed by atoms with Crippen LogP contribution in [0.25, 0.3) is 21.6 Å². The number of ether oxygens (including phenoxy) is 2. The van der Waals surface area contributed by atoms with Gasteiger partial charge in [-0.15, -0.1) is 11.3 Å². The molecule has 8 heteroatoms. The summed E-state index contributed by atoms with van der Waals surface area (Å²) in [6.07, 6.45) is 3.86. The summed E-state index contributed by atoms with van der Waals surface area (Å²) in [5.41, 5.74) is 3.14. The second-order valence-corrected chi connectivity index (χ2v) is 8.37. The van der Waals surface area contributed by atoms with Crippen molar-refractivity contribution in [1.29, 1.82) is 0 Å². The molecule has 0 saturated heterocycles. The molecule has 3 heterocycles. The molecule has 0 fully saturated rings. The van der Waals surface area contributed by atoms with E-state index in [-0.39, 0.29) is 11.9 Å². The Balaban J connectivity index is 1.69. The van der Waals surface area contributed by atoms with Crippen molar-refractivity contribution in [3.8, 4) is 22.1 Å². The molecule has 0 radical (unpaired) electrons. The van der Waals surface area contributed by atoms with Gasteiger partial charge >= 0.3 is 0 Å². The van der Waals surface area contributed by atoms with Gasteiger partial charge in [0.15, 0.2) is 0 Å². The fourth-order valence-corrected chi connectivity index (χ4v) is 4.44. The molecule has 0 unspecified atom stereocenters. The third-order valence-electron chi connectivity index (χ3n) is 5.04. The fourth-order valence-electron chi connectivity index (χ4n) is 3.45. The Morgan fingerprint density at radius 2 is 2.00 bits per heavy atom. The largest absolute Gasteiger partial charge is 0.497 e. The minimum atomic E-state index is -0.226. The molecule has 160 valence electrons. The number of carbonyl (C=O) groups is 1. The Morgan fingerprint density at radius 3 is 2.71 bits per heavy atom. The van der Waals surface area contributed by atoms with Gasteiger partial charge in [0.05, 0.1) is 25.6 Å². The highest BCUT2D eigenvalue weighted by molar-refractivity contribution is 7.17. The van der Waals surface area contributed by atoms with Gasteiger partial charge in [0.25, 0.3) is 5.91 Å². The van der Waals surface area contributed by atoms with Gasteiger partial charge in [0, 0.05) is 35.5 Å². The highest BCUT2D eigenvalue weighted by atomic mass is 32.1. The summed E-state index contributed by atoms with van der Waals surface area (Å²) in [5.74, 6) is 0.956. The maximum atomic E-state index is 13.0. The molecule has 3 aromatic heterocycles.